The molecule has 5 heteroatoms. The predicted octanol–water partition coefficient (Wildman–Crippen LogP) is 2.73. The molecule has 2 rings (SSSR count). The predicted molar refractivity (Wildman–Crippen MR) is 87.7 cm³/mol. The van der Waals surface area contributed by atoms with Gasteiger partial charge in [-0.3, -0.25) is 0 Å². The number of piperidine rings is 1. The van der Waals surface area contributed by atoms with Gasteiger partial charge in [-0.2, -0.15) is 0 Å². The van der Waals surface area contributed by atoms with Gasteiger partial charge in [0.25, 0.3) is 0 Å². The molecule has 0 saturated carbocycles. The van der Waals surface area contributed by atoms with Crippen molar-refractivity contribution in [1.82, 2.24) is 15.2 Å². The summed E-state index contributed by atoms with van der Waals surface area (Å²) < 4.78 is 0. The first-order valence-electron chi connectivity index (χ1n) is 7.72. The Balaban J connectivity index is 1.97. The van der Waals surface area contributed by atoms with E-state index in [1.807, 2.05) is 17.5 Å². The summed E-state index contributed by atoms with van der Waals surface area (Å²) in [5.41, 5.74) is 0. The second-order valence-corrected chi connectivity index (χ2v) is 6.97. The van der Waals surface area contributed by atoms with Crippen LogP contribution in [0, 0.1) is 0 Å². The first kappa shape index (κ1) is 15.7. The fraction of sp³-hybridized carbons (Fsp3) is 0.800. The molecule has 20 heavy (non-hydrogen) atoms. The lowest BCUT2D eigenvalue weighted by atomic mass is 10.1. The minimum Gasteiger partial charge on any atom is -0.347 e. The maximum Gasteiger partial charge on any atom is 0.185 e. The van der Waals surface area contributed by atoms with Gasteiger partial charge >= 0.3 is 0 Å². The van der Waals surface area contributed by atoms with Crippen LogP contribution in [0.4, 0.5) is 5.13 Å². The van der Waals surface area contributed by atoms with Gasteiger partial charge in [-0.1, -0.05) is 6.92 Å². The number of nitrogens with one attached hydrogen (secondary N) is 1. The molecule has 4 nitrogen and oxygen atoms in total. The van der Waals surface area contributed by atoms with E-state index in [4.69, 9.17) is 0 Å². The van der Waals surface area contributed by atoms with E-state index in [9.17, 15) is 0 Å². The average Bonchev–Trinajstić information content (AvgIpc) is 2.94. The van der Waals surface area contributed by atoms with Crippen molar-refractivity contribution in [2.24, 2.45) is 0 Å². The van der Waals surface area contributed by atoms with Crippen LogP contribution in [0.15, 0.2) is 6.20 Å². The molecule has 1 aromatic heterocycles. The van der Waals surface area contributed by atoms with E-state index in [-0.39, 0.29) is 0 Å². The highest BCUT2D eigenvalue weighted by molar-refractivity contribution is 7.15. The molecule has 114 valence electrons. The summed E-state index contributed by atoms with van der Waals surface area (Å²) in [4.78, 5) is 10.8. The molecule has 0 aromatic carbocycles. The molecule has 0 spiro atoms. The summed E-state index contributed by atoms with van der Waals surface area (Å²) in [6, 6.07) is 1.07. The summed E-state index contributed by atoms with van der Waals surface area (Å²) in [5, 5.41) is 4.73. The van der Waals surface area contributed by atoms with Crippen LogP contribution in [0.3, 0.4) is 0 Å². The van der Waals surface area contributed by atoms with E-state index in [1.54, 1.807) is 0 Å². The fourth-order valence-electron chi connectivity index (χ4n) is 2.63. The third-order valence-electron chi connectivity index (χ3n) is 4.04. The number of anilines is 1. The van der Waals surface area contributed by atoms with E-state index >= 15 is 0 Å². The van der Waals surface area contributed by atoms with Crippen molar-refractivity contribution in [2.45, 2.75) is 45.2 Å². The topological polar surface area (TPSA) is 31.4 Å². The van der Waals surface area contributed by atoms with Crippen LogP contribution in [-0.4, -0.2) is 49.7 Å². The molecule has 1 fully saturated rings. The molecule has 1 aliphatic heterocycles. The molecule has 0 amide bonds. The zero-order valence-electron chi connectivity index (χ0n) is 13.2. The van der Waals surface area contributed by atoms with Crippen LogP contribution >= 0.6 is 11.3 Å². The lowest BCUT2D eigenvalue weighted by Gasteiger charge is -2.35. The quantitative estimate of drug-likeness (QED) is 0.874. The highest BCUT2D eigenvalue weighted by Crippen LogP contribution is 2.29. The lowest BCUT2D eigenvalue weighted by molar-refractivity contribution is 0.258. The Hall–Kier alpha value is -0.650. The average molecular weight is 296 g/mol. The number of hydrogen-bond donors (Lipinski definition) is 1. The smallest absolute Gasteiger partial charge is 0.185 e. The van der Waals surface area contributed by atoms with Gasteiger partial charge in [0.15, 0.2) is 5.13 Å². The van der Waals surface area contributed by atoms with E-state index in [1.165, 1.54) is 29.3 Å². The Morgan fingerprint density at radius 3 is 3.05 bits per heavy atom. The van der Waals surface area contributed by atoms with Crippen LogP contribution < -0.4 is 10.2 Å². The van der Waals surface area contributed by atoms with Crippen LogP contribution in [0.25, 0.3) is 0 Å². The minimum atomic E-state index is 0.413. The molecule has 1 saturated heterocycles. The van der Waals surface area contributed by atoms with Crippen molar-refractivity contribution in [2.75, 3.05) is 38.6 Å². The Morgan fingerprint density at radius 2 is 2.35 bits per heavy atom. The Morgan fingerprint density at radius 1 is 1.55 bits per heavy atom. The summed E-state index contributed by atoms with van der Waals surface area (Å²) in [6.07, 6.45) is 5.79. The first-order chi connectivity index (χ1) is 9.61. The van der Waals surface area contributed by atoms with Crippen molar-refractivity contribution in [3.05, 3.63) is 11.1 Å². The zero-order valence-corrected chi connectivity index (χ0v) is 14.0. The maximum absolute atomic E-state index is 4.65. The summed E-state index contributed by atoms with van der Waals surface area (Å²) in [7, 11) is 4.36. The molecule has 1 aromatic rings. The highest BCUT2D eigenvalue weighted by Gasteiger charge is 2.23. The third-order valence-corrected chi connectivity index (χ3v) is 5.28. The van der Waals surface area contributed by atoms with Crippen molar-refractivity contribution < 1.29 is 0 Å². The summed E-state index contributed by atoms with van der Waals surface area (Å²) in [5.74, 6) is 0. The first-order valence-corrected chi connectivity index (χ1v) is 8.54. The highest BCUT2D eigenvalue weighted by atomic mass is 32.1. The molecule has 0 bridgehead atoms. The molecule has 0 aliphatic carbocycles. The lowest BCUT2D eigenvalue weighted by Crippen LogP contribution is -2.45. The second kappa shape index (κ2) is 7.38. The fourth-order valence-corrected chi connectivity index (χ4v) is 3.61. The van der Waals surface area contributed by atoms with Crippen molar-refractivity contribution in [1.29, 1.82) is 0 Å². The molecule has 1 N–H and O–H groups in total. The van der Waals surface area contributed by atoms with E-state index < -0.39 is 0 Å². The standard InChI is InChI=1S/C15H28N4S/c1-5-8-16-12(2)14-10-17-15(20-14)19-9-6-7-13(11-19)18(3)4/h10,12-13,16H,5-9,11H2,1-4H3. The van der Waals surface area contributed by atoms with Crippen molar-refractivity contribution in [3.8, 4) is 0 Å². The molecular weight excluding hydrogens is 268 g/mol. The van der Waals surface area contributed by atoms with Crippen molar-refractivity contribution in [3.63, 3.8) is 0 Å². The van der Waals surface area contributed by atoms with Crippen molar-refractivity contribution >= 4 is 16.5 Å². The molecular formula is C15H28N4S. The van der Waals surface area contributed by atoms with E-state index in [0.717, 1.165) is 19.6 Å². The Kier molecular flexibility index (Phi) is 5.81. The number of aromatic nitrogens is 1. The number of thiazole rings is 1. The van der Waals surface area contributed by atoms with Crippen LogP contribution in [-0.2, 0) is 0 Å². The molecule has 1 aliphatic rings. The van der Waals surface area contributed by atoms with Gasteiger partial charge in [0, 0.05) is 36.2 Å². The summed E-state index contributed by atoms with van der Waals surface area (Å²) in [6.45, 7) is 7.75. The van der Waals surface area contributed by atoms with Gasteiger partial charge in [-0.15, -0.1) is 11.3 Å². The maximum atomic E-state index is 4.65. The SMILES string of the molecule is CCCNC(C)c1cnc(N2CCCC(N(C)C)C2)s1. The molecule has 0 radical (unpaired) electrons. The monoisotopic (exact) mass is 296 g/mol. The van der Waals surface area contributed by atoms with Gasteiger partial charge in [-0.05, 0) is 46.8 Å². The van der Waals surface area contributed by atoms with Gasteiger partial charge in [0.05, 0.1) is 0 Å². The number of likely N-dealkylation sites (N-methyl/N-ethyl adjacent to an activating group) is 1. The van der Waals surface area contributed by atoms with Gasteiger partial charge < -0.3 is 15.1 Å². The summed E-state index contributed by atoms with van der Waals surface area (Å²) >= 11 is 1.85. The minimum absolute atomic E-state index is 0.413. The van der Waals surface area contributed by atoms with E-state index in [2.05, 4.69) is 48.0 Å². The largest absolute Gasteiger partial charge is 0.347 e. The normalized spacial score (nSPS) is 21.4. The van der Waals surface area contributed by atoms with Gasteiger partial charge in [0.1, 0.15) is 0 Å². The number of rotatable bonds is 6. The van der Waals surface area contributed by atoms with Gasteiger partial charge in [0.2, 0.25) is 0 Å². The molecule has 2 atom stereocenters. The second-order valence-electron chi connectivity index (χ2n) is 5.93. The number of hydrogen-bond acceptors (Lipinski definition) is 5. The zero-order chi connectivity index (χ0) is 14.5. The Labute approximate surface area is 127 Å². The number of nitrogens with zero attached hydrogens (tertiary/aromatic N) is 3. The van der Waals surface area contributed by atoms with E-state index in [0.29, 0.717) is 12.1 Å². The molecule has 2 heterocycles. The Bertz CT molecular complexity index is 404. The third kappa shape index (κ3) is 3.93. The van der Waals surface area contributed by atoms with Gasteiger partial charge in [-0.25, -0.2) is 4.98 Å². The van der Waals surface area contributed by atoms with Crippen LogP contribution in [0.1, 0.15) is 44.0 Å². The van der Waals surface area contributed by atoms with Crippen LogP contribution in [0.5, 0.6) is 0 Å². The van der Waals surface area contributed by atoms with Crippen LogP contribution in [0.2, 0.25) is 0 Å². The molecule has 2 unspecified atom stereocenters.